The first-order valence-electron chi connectivity index (χ1n) is 6.36. The molecule has 0 bridgehead atoms. The highest BCUT2D eigenvalue weighted by Crippen LogP contribution is 2.30. The Kier molecular flexibility index (Phi) is 4.44. The number of methoxy groups -OCH3 is 1. The number of ether oxygens (including phenoxy) is 2. The summed E-state index contributed by atoms with van der Waals surface area (Å²) in [5.74, 6) is 1.45. The van der Waals surface area contributed by atoms with E-state index < -0.39 is 0 Å². The van der Waals surface area contributed by atoms with Gasteiger partial charge >= 0.3 is 0 Å². The number of aliphatic hydroxyl groups is 1. The SMILES string of the molecule is COc1ccc(CO)cc1OC1CCCN(C)C1. The van der Waals surface area contributed by atoms with Gasteiger partial charge in [-0.1, -0.05) is 6.07 Å². The van der Waals surface area contributed by atoms with Crippen molar-refractivity contribution in [2.24, 2.45) is 0 Å². The molecule has 1 unspecified atom stereocenters. The van der Waals surface area contributed by atoms with Crippen molar-refractivity contribution in [3.63, 3.8) is 0 Å². The van der Waals surface area contributed by atoms with Gasteiger partial charge in [-0.05, 0) is 44.1 Å². The third kappa shape index (κ3) is 3.15. The molecule has 1 aromatic rings. The van der Waals surface area contributed by atoms with Crippen molar-refractivity contribution in [2.75, 3.05) is 27.2 Å². The molecule has 1 atom stereocenters. The molecule has 1 heterocycles. The normalized spacial score (nSPS) is 20.7. The molecule has 1 saturated heterocycles. The summed E-state index contributed by atoms with van der Waals surface area (Å²) in [5.41, 5.74) is 0.843. The second-order valence-corrected chi connectivity index (χ2v) is 4.79. The zero-order valence-electron chi connectivity index (χ0n) is 11.1. The number of nitrogens with zero attached hydrogens (tertiary/aromatic N) is 1. The highest BCUT2D eigenvalue weighted by molar-refractivity contribution is 5.43. The van der Waals surface area contributed by atoms with E-state index in [1.54, 1.807) is 7.11 Å². The van der Waals surface area contributed by atoms with Crippen molar-refractivity contribution in [3.8, 4) is 11.5 Å². The number of likely N-dealkylation sites (tertiary alicyclic amines) is 1. The molecule has 4 heteroatoms. The van der Waals surface area contributed by atoms with Gasteiger partial charge in [-0.3, -0.25) is 0 Å². The topological polar surface area (TPSA) is 41.9 Å². The molecule has 1 N–H and O–H groups in total. The molecule has 1 fully saturated rings. The third-order valence-corrected chi connectivity index (χ3v) is 3.29. The maximum absolute atomic E-state index is 9.17. The third-order valence-electron chi connectivity index (χ3n) is 3.29. The molecule has 2 rings (SSSR count). The molecule has 0 aromatic heterocycles. The molecule has 1 aliphatic rings. The van der Waals surface area contributed by atoms with Crippen LogP contribution in [0.4, 0.5) is 0 Å². The minimum absolute atomic E-state index is 0.0188. The minimum atomic E-state index is 0.0188. The van der Waals surface area contributed by atoms with Crippen LogP contribution in [0, 0.1) is 0 Å². The van der Waals surface area contributed by atoms with Crippen molar-refractivity contribution in [2.45, 2.75) is 25.6 Å². The summed E-state index contributed by atoms with van der Waals surface area (Å²) in [6.45, 7) is 2.09. The standard InChI is InChI=1S/C14H21NO3/c1-15-7-3-4-12(9-15)18-14-8-11(10-16)5-6-13(14)17-2/h5-6,8,12,16H,3-4,7,9-10H2,1-2H3. The van der Waals surface area contributed by atoms with E-state index in [0.29, 0.717) is 0 Å². The number of likely N-dealkylation sites (N-methyl/N-ethyl adjacent to an activating group) is 1. The maximum Gasteiger partial charge on any atom is 0.162 e. The average Bonchev–Trinajstić information content (AvgIpc) is 2.38. The van der Waals surface area contributed by atoms with Crippen LogP contribution in [0.2, 0.25) is 0 Å². The fourth-order valence-corrected chi connectivity index (χ4v) is 2.31. The van der Waals surface area contributed by atoms with Gasteiger partial charge in [0.05, 0.1) is 13.7 Å². The Balaban J connectivity index is 2.11. The van der Waals surface area contributed by atoms with Gasteiger partial charge in [-0.25, -0.2) is 0 Å². The van der Waals surface area contributed by atoms with Crippen LogP contribution in [0.3, 0.4) is 0 Å². The fraction of sp³-hybridized carbons (Fsp3) is 0.571. The lowest BCUT2D eigenvalue weighted by Crippen LogP contribution is -2.38. The van der Waals surface area contributed by atoms with E-state index in [-0.39, 0.29) is 12.7 Å². The molecule has 0 saturated carbocycles. The van der Waals surface area contributed by atoms with Gasteiger partial charge in [0.1, 0.15) is 6.10 Å². The molecule has 0 aliphatic carbocycles. The number of rotatable bonds is 4. The first kappa shape index (κ1) is 13.2. The van der Waals surface area contributed by atoms with Crippen LogP contribution in [0.25, 0.3) is 0 Å². The molecule has 1 aromatic carbocycles. The van der Waals surface area contributed by atoms with E-state index in [2.05, 4.69) is 11.9 Å². The van der Waals surface area contributed by atoms with E-state index in [1.165, 1.54) is 0 Å². The van der Waals surface area contributed by atoms with Crippen molar-refractivity contribution in [1.82, 2.24) is 4.90 Å². The Morgan fingerprint density at radius 2 is 2.22 bits per heavy atom. The highest BCUT2D eigenvalue weighted by Gasteiger charge is 2.20. The van der Waals surface area contributed by atoms with E-state index in [9.17, 15) is 0 Å². The summed E-state index contributed by atoms with van der Waals surface area (Å²) in [5, 5.41) is 9.17. The smallest absolute Gasteiger partial charge is 0.162 e. The van der Waals surface area contributed by atoms with Crippen LogP contribution in [-0.4, -0.2) is 43.4 Å². The lowest BCUT2D eigenvalue weighted by Gasteiger charge is -2.30. The van der Waals surface area contributed by atoms with Gasteiger partial charge in [-0.15, -0.1) is 0 Å². The Morgan fingerprint density at radius 1 is 1.39 bits per heavy atom. The van der Waals surface area contributed by atoms with E-state index >= 15 is 0 Å². The van der Waals surface area contributed by atoms with Gasteiger partial charge in [0.2, 0.25) is 0 Å². The van der Waals surface area contributed by atoms with Crippen LogP contribution in [0.5, 0.6) is 11.5 Å². The van der Waals surface area contributed by atoms with Crippen LogP contribution in [0.1, 0.15) is 18.4 Å². The molecule has 0 radical (unpaired) electrons. The molecular weight excluding hydrogens is 230 g/mol. The zero-order valence-corrected chi connectivity index (χ0v) is 11.1. The fourth-order valence-electron chi connectivity index (χ4n) is 2.31. The number of hydrogen-bond acceptors (Lipinski definition) is 4. The Bertz CT molecular complexity index is 395. The monoisotopic (exact) mass is 251 g/mol. The van der Waals surface area contributed by atoms with E-state index in [1.807, 2.05) is 18.2 Å². The van der Waals surface area contributed by atoms with Gasteiger partial charge in [-0.2, -0.15) is 0 Å². The number of benzene rings is 1. The van der Waals surface area contributed by atoms with E-state index in [4.69, 9.17) is 14.6 Å². The van der Waals surface area contributed by atoms with Gasteiger partial charge in [0.25, 0.3) is 0 Å². The molecule has 1 aliphatic heterocycles. The Labute approximate surface area is 108 Å². The van der Waals surface area contributed by atoms with E-state index in [0.717, 1.165) is 43.0 Å². The second kappa shape index (κ2) is 6.07. The quantitative estimate of drug-likeness (QED) is 0.883. The van der Waals surface area contributed by atoms with Gasteiger partial charge in [0.15, 0.2) is 11.5 Å². The van der Waals surface area contributed by atoms with Crippen molar-refractivity contribution in [3.05, 3.63) is 23.8 Å². The van der Waals surface area contributed by atoms with Crippen molar-refractivity contribution < 1.29 is 14.6 Å². The van der Waals surface area contributed by atoms with Crippen LogP contribution in [-0.2, 0) is 6.61 Å². The van der Waals surface area contributed by atoms with Crippen molar-refractivity contribution in [1.29, 1.82) is 0 Å². The van der Waals surface area contributed by atoms with Crippen molar-refractivity contribution >= 4 is 0 Å². The highest BCUT2D eigenvalue weighted by atomic mass is 16.5. The number of hydrogen-bond donors (Lipinski definition) is 1. The maximum atomic E-state index is 9.17. The van der Waals surface area contributed by atoms with Gasteiger partial charge in [0, 0.05) is 6.54 Å². The predicted molar refractivity (Wildman–Crippen MR) is 70.1 cm³/mol. The zero-order chi connectivity index (χ0) is 13.0. The first-order chi connectivity index (χ1) is 8.72. The first-order valence-corrected chi connectivity index (χ1v) is 6.36. The summed E-state index contributed by atoms with van der Waals surface area (Å²) >= 11 is 0. The largest absolute Gasteiger partial charge is 0.493 e. The Morgan fingerprint density at radius 3 is 2.89 bits per heavy atom. The summed E-state index contributed by atoms with van der Waals surface area (Å²) in [7, 11) is 3.74. The molecule has 0 spiro atoms. The summed E-state index contributed by atoms with van der Waals surface area (Å²) in [6.07, 6.45) is 2.42. The summed E-state index contributed by atoms with van der Waals surface area (Å²) in [6, 6.07) is 5.54. The van der Waals surface area contributed by atoms with Crippen LogP contribution >= 0.6 is 0 Å². The predicted octanol–water partition coefficient (Wildman–Crippen LogP) is 1.66. The van der Waals surface area contributed by atoms with Crippen LogP contribution < -0.4 is 9.47 Å². The molecule has 18 heavy (non-hydrogen) atoms. The molecule has 0 amide bonds. The summed E-state index contributed by atoms with van der Waals surface area (Å²) in [4.78, 5) is 2.27. The molecule has 100 valence electrons. The minimum Gasteiger partial charge on any atom is -0.493 e. The van der Waals surface area contributed by atoms with Crippen LogP contribution in [0.15, 0.2) is 18.2 Å². The Hall–Kier alpha value is -1.26. The average molecular weight is 251 g/mol. The summed E-state index contributed by atoms with van der Waals surface area (Å²) < 4.78 is 11.3. The van der Waals surface area contributed by atoms with Gasteiger partial charge < -0.3 is 19.5 Å². The molecule has 4 nitrogen and oxygen atoms in total. The molecular formula is C14H21NO3. The lowest BCUT2D eigenvalue weighted by molar-refractivity contribution is 0.101. The number of piperidine rings is 1. The number of aliphatic hydroxyl groups excluding tert-OH is 1. The lowest BCUT2D eigenvalue weighted by atomic mass is 10.1. The second-order valence-electron chi connectivity index (χ2n) is 4.79.